The Labute approximate surface area is 232 Å². The molecule has 12 heteroatoms. The van der Waals surface area contributed by atoms with E-state index in [1.165, 1.54) is 39.5 Å². The summed E-state index contributed by atoms with van der Waals surface area (Å²) >= 11 is 1.04. The van der Waals surface area contributed by atoms with Gasteiger partial charge in [0.15, 0.2) is 10.9 Å². The van der Waals surface area contributed by atoms with Crippen LogP contribution in [0.15, 0.2) is 41.3 Å². The fourth-order valence-corrected chi connectivity index (χ4v) is 7.07. The van der Waals surface area contributed by atoms with E-state index in [1.54, 1.807) is 7.05 Å². The van der Waals surface area contributed by atoms with Crippen LogP contribution in [0.25, 0.3) is 10.2 Å². The van der Waals surface area contributed by atoms with E-state index in [9.17, 15) is 22.0 Å². The van der Waals surface area contributed by atoms with E-state index >= 15 is 0 Å². The third-order valence-corrected chi connectivity index (χ3v) is 9.68. The third-order valence-electron chi connectivity index (χ3n) is 6.73. The molecule has 0 spiro atoms. The minimum absolute atomic E-state index is 0. The molecule has 1 aliphatic rings. The number of hydrogen-bond donors (Lipinski definition) is 0. The molecule has 1 aromatic heterocycles. The number of rotatable bonds is 9. The maximum atomic E-state index is 14.3. The van der Waals surface area contributed by atoms with Crippen LogP contribution in [0.4, 0.5) is 13.9 Å². The lowest BCUT2D eigenvalue weighted by atomic mass is 9.96. The van der Waals surface area contributed by atoms with E-state index in [-0.39, 0.29) is 45.5 Å². The van der Waals surface area contributed by atoms with Crippen LogP contribution in [-0.4, -0.2) is 68.8 Å². The number of anilines is 1. The number of carbonyl (C=O) groups is 1. The van der Waals surface area contributed by atoms with Crippen molar-refractivity contribution in [2.75, 3.05) is 39.1 Å². The molecule has 2 aromatic carbocycles. The van der Waals surface area contributed by atoms with Gasteiger partial charge in [0.05, 0.1) is 9.60 Å². The Morgan fingerprint density at radius 3 is 2.32 bits per heavy atom. The van der Waals surface area contributed by atoms with Crippen molar-refractivity contribution in [2.24, 2.45) is 0 Å². The lowest BCUT2D eigenvalue weighted by molar-refractivity contribution is 0.0986. The van der Waals surface area contributed by atoms with Crippen LogP contribution in [0, 0.1) is 11.6 Å². The van der Waals surface area contributed by atoms with Crippen molar-refractivity contribution in [3.8, 4) is 0 Å². The predicted molar refractivity (Wildman–Crippen MR) is 150 cm³/mol. The summed E-state index contributed by atoms with van der Waals surface area (Å²) in [4.78, 5) is 21.4. The number of hydrogen-bond acceptors (Lipinski definition) is 6. The SMILES string of the molecule is CN(C)CCCN(C(=O)c1ccc(S(=O)(=O)N(C)C2CCCCC2)cc1)c1nc2c(F)cc(F)cc2s1.Cl. The van der Waals surface area contributed by atoms with Crippen molar-refractivity contribution in [1.82, 2.24) is 14.2 Å². The first-order chi connectivity index (χ1) is 17.6. The molecule has 3 aromatic rings. The molecule has 0 unspecified atom stereocenters. The third kappa shape index (κ3) is 6.69. The van der Waals surface area contributed by atoms with Gasteiger partial charge in [0.2, 0.25) is 10.0 Å². The number of thiazole rings is 1. The first kappa shape index (κ1) is 30.4. The van der Waals surface area contributed by atoms with Gasteiger partial charge in [0, 0.05) is 31.3 Å². The van der Waals surface area contributed by atoms with Crippen LogP contribution in [-0.2, 0) is 10.0 Å². The largest absolute Gasteiger partial charge is 0.309 e. The van der Waals surface area contributed by atoms with Crippen LogP contribution in [0.3, 0.4) is 0 Å². The number of benzene rings is 2. The Bertz CT molecular complexity index is 1360. The summed E-state index contributed by atoms with van der Waals surface area (Å²) in [6, 6.07) is 7.85. The molecule has 1 aliphatic carbocycles. The van der Waals surface area contributed by atoms with Crippen molar-refractivity contribution < 1.29 is 22.0 Å². The number of halogens is 3. The minimum Gasteiger partial charge on any atom is -0.309 e. The van der Waals surface area contributed by atoms with Crippen molar-refractivity contribution >= 4 is 55.0 Å². The van der Waals surface area contributed by atoms with E-state index in [4.69, 9.17) is 0 Å². The fourth-order valence-electron chi connectivity index (χ4n) is 4.62. The topological polar surface area (TPSA) is 73.8 Å². The molecule has 7 nitrogen and oxygen atoms in total. The van der Waals surface area contributed by atoms with Gasteiger partial charge in [-0.3, -0.25) is 9.69 Å². The van der Waals surface area contributed by atoms with Crippen molar-refractivity contribution in [2.45, 2.75) is 49.5 Å². The van der Waals surface area contributed by atoms with Crippen LogP contribution in [0.5, 0.6) is 0 Å². The van der Waals surface area contributed by atoms with E-state index in [0.717, 1.165) is 49.5 Å². The van der Waals surface area contributed by atoms with Crippen molar-refractivity contribution in [3.05, 3.63) is 53.6 Å². The molecule has 0 aliphatic heterocycles. The summed E-state index contributed by atoms with van der Waals surface area (Å²) in [5.74, 6) is -1.88. The van der Waals surface area contributed by atoms with Gasteiger partial charge in [-0.15, -0.1) is 12.4 Å². The molecule has 0 radical (unpaired) electrons. The quantitative estimate of drug-likeness (QED) is 0.329. The molecular weight excluding hydrogens is 554 g/mol. The fraction of sp³-hybridized carbons (Fsp3) is 0.462. The molecule has 0 N–H and O–H groups in total. The van der Waals surface area contributed by atoms with Crippen LogP contribution in [0.2, 0.25) is 0 Å². The Morgan fingerprint density at radius 1 is 1.03 bits per heavy atom. The average molecular weight is 587 g/mol. The highest BCUT2D eigenvalue weighted by Crippen LogP contribution is 2.32. The van der Waals surface area contributed by atoms with Gasteiger partial charge in [-0.2, -0.15) is 4.31 Å². The van der Waals surface area contributed by atoms with E-state index in [1.807, 2.05) is 19.0 Å². The van der Waals surface area contributed by atoms with Crippen LogP contribution >= 0.6 is 23.7 Å². The van der Waals surface area contributed by atoms with E-state index < -0.39 is 21.7 Å². The molecule has 1 fully saturated rings. The second-order valence-electron chi connectivity index (χ2n) is 9.68. The van der Waals surface area contributed by atoms with Crippen molar-refractivity contribution in [1.29, 1.82) is 0 Å². The highest BCUT2D eigenvalue weighted by Gasteiger charge is 2.29. The molecule has 1 saturated carbocycles. The summed E-state index contributed by atoms with van der Waals surface area (Å²) < 4.78 is 56.2. The number of nitrogens with zero attached hydrogens (tertiary/aromatic N) is 4. The zero-order valence-electron chi connectivity index (χ0n) is 21.7. The van der Waals surface area contributed by atoms with Gasteiger partial charge < -0.3 is 4.90 Å². The molecule has 0 bridgehead atoms. The predicted octanol–water partition coefficient (Wildman–Crippen LogP) is 5.55. The first-order valence-corrected chi connectivity index (χ1v) is 14.6. The van der Waals surface area contributed by atoms with Crippen molar-refractivity contribution in [3.63, 3.8) is 0 Å². The van der Waals surface area contributed by atoms with Gasteiger partial charge in [-0.1, -0.05) is 30.6 Å². The monoisotopic (exact) mass is 586 g/mol. The normalized spacial score (nSPS) is 14.7. The highest BCUT2D eigenvalue weighted by atomic mass is 35.5. The number of sulfonamides is 1. The number of aromatic nitrogens is 1. The van der Waals surface area contributed by atoms with Gasteiger partial charge in [0.25, 0.3) is 5.91 Å². The Kier molecular flexibility index (Phi) is 10.2. The summed E-state index contributed by atoms with van der Waals surface area (Å²) in [6.07, 6.45) is 5.49. The molecule has 1 amide bonds. The number of fused-ring (bicyclic) bond motifs is 1. The van der Waals surface area contributed by atoms with Crippen LogP contribution < -0.4 is 4.90 Å². The smallest absolute Gasteiger partial charge is 0.260 e. The summed E-state index contributed by atoms with van der Waals surface area (Å²) in [6.45, 7) is 1.02. The average Bonchev–Trinajstić information content (AvgIpc) is 3.30. The van der Waals surface area contributed by atoms with Gasteiger partial charge in [-0.25, -0.2) is 22.2 Å². The molecular formula is C26H33ClF2N4O3S2. The first-order valence-electron chi connectivity index (χ1n) is 12.4. The van der Waals surface area contributed by atoms with Crippen LogP contribution in [0.1, 0.15) is 48.9 Å². The second kappa shape index (κ2) is 12.8. The molecule has 0 saturated heterocycles. The minimum atomic E-state index is -3.69. The summed E-state index contributed by atoms with van der Waals surface area (Å²) in [5.41, 5.74) is 0.300. The zero-order chi connectivity index (χ0) is 26.7. The van der Waals surface area contributed by atoms with E-state index in [0.29, 0.717) is 24.2 Å². The molecule has 0 atom stereocenters. The number of carbonyl (C=O) groups excluding carboxylic acids is 1. The maximum Gasteiger partial charge on any atom is 0.260 e. The second-order valence-corrected chi connectivity index (χ2v) is 12.7. The molecule has 38 heavy (non-hydrogen) atoms. The maximum absolute atomic E-state index is 14.3. The highest BCUT2D eigenvalue weighted by molar-refractivity contribution is 7.89. The molecule has 1 heterocycles. The Morgan fingerprint density at radius 2 is 1.68 bits per heavy atom. The lowest BCUT2D eigenvalue weighted by Gasteiger charge is -2.30. The Hall–Kier alpha value is -2.18. The van der Waals surface area contributed by atoms with E-state index in [2.05, 4.69) is 4.98 Å². The number of amides is 1. The van der Waals surface area contributed by atoms with Gasteiger partial charge >= 0.3 is 0 Å². The standard InChI is InChI=1S/C26H32F2N4O3S2.ClH/c1-30(2)14-7-15-32(26-29-24-22(28)16-19(27)17-23(24)36-26)25(33)18-10-12-21(13-11-18)37(34,35)31(3)20-8-5-4-6-9-20;/h10-13,16-17,20H,4-9,14-15H2,1-3H3;1H. The molecule has 208 valence electrons. The van der Waals surface area contributed by atoms with Gasteiger partial charge in [0.1, 0.15) is 11.3 Å². The molecule has 4 rings (SSSR count). The summed E-state index contributed by atoms with van der Waals surface area (Å²) in [7, 11) is 1.77. The Balaban J connectivity index is 0.00000400. The van der Waals surface area contributed by atoms with Gasteiger partial charge in [-0.05, 0) is 70.2 Å². The zero-order valence-corrected chi connectivity index (χ0v) is 24.1. The lowest BCUT2D eigenvalue weighted by Crippen LogP contribution is -2.38. The summed E-state index contributed by atoms with van der Waals surface area (Å²) in [5, 5.41) is 0.261.